The minimum atomic E-state index is -3.77. The molecule has 1 aliphatic rings. The molecule has 2 amide bonds. The van der Waals surface area contributed by atoms with Gasteiger partial charge in [0.25, 0.3) is 21.8 Å². The minimum absolute atomic E-state index is 0.00310. The fourth-order valence-electron chi connectivity index (χ4n) is 4.80. The maximum atomic E-state index is 13.7. The van der Waals surface area contributed by atoms with Gasteiger partial charge >= 0.3 is 0 Å². The Morgan fingerprint density at radius 1 is 1.16 bits per heavy atom. The van der Waals surface area contributed by atoms with Gasteiger partial charge in [0.1, 0.15) is 15.3 Å². The lowest BCUT2D eigenvalue weighted by atomic mass is 9.99. The van der Waals surface area contributed by atoms with Gasteiger partial charge in [-0.1, -0.05) is 31.2 Å². The van der Waals surface area contributed by atoms with Crippen LogP contribution in [0.2, 0.25) is 0 Å². The first-order valence-corrected chi connectivity index (χ1v) is 16.8. The molecule has 226 valence electrons. The van der Waals surface area contributed by atoms with Crippen molar-refractivity contribution in [3.63, 3.8) is 0 Å². The number of likely N-dealkylation sites (N-methyl/N-ethyl adjacent to an activating group) is 1. The van der Waals surface area contributed by atoms with E-state index in [1.807, 2.05) is 24.4 Å². The number of thiazole rings is 1. The smallest absolute Gasteiger partial charge is 0.258 e. The van der Waals surface area contributed by atoms with Gasteiger partial charge in [0.05, 0.1) is 30.4 Å². The first-order chi connectivity index (χ1) is 20.6. The van der Waals surface area contributed by atoms with Crippen LogP contribution in [-0.2, 0) is 10.0 Å². The number of para-hydroxylation sites is 1. The van der Waals surface area contributed by atoms with E-state index in [1.54, 1.807) is 65.9 Å². The molecule has 0 aliphatic carbocycles. The van der Waals surface area contributed by atoms with E-state index in [2.05, 4.69) is 10.3 Å². The highest BCUT2D eigenvalue weighted by molar-refractivity contribution is 7.91. The number of carbonyl (C=O) groups is 2. The number of nitrogens with one attached hydrogen (secondary N) is 1. The van der Waals surface area contributed by atoms with Crippen LogP contribution in [0.25, 0.3) is 10.6 Å². The van der Waals surface area contributed by atoms with Crippen LogP contribution in [0.15, 0.2) is 75.8 Å². The third-order valence-electron chi connectivity index (χ3n) is 7.36. The molecule has 0 saturated heterocycles. The fourth-order valence-corrected chi connectivity index (χ4v) is 7.83. The summed E-state index contributed by atoms with van der Waals surface area (Å²) >= 11 is 2.63. The third-order valence-corrected chi connectivity index (χ3v) is 11.4. The van der Waals surface area contributed by atoms with Gasteiger partial charge in [-0.05, 0) is 42.6 Å². The number of hydrogen-bond donors (Lipinski definition) is 2. The Labute approximate surface area is 258 Å². The Bertz CT molecular complexity index is 1680. The molecule has 3 atom stereocenters. The molecule has 4 aromatic rings. The molecule has 0 unspecified atom stereocenters. The predicted octanol–water partition coefficient (Wildman–Crippen LogP) is 4.66. The average Bonchev–Trinajstić information content (AvgIpc) is 3.74. The third kappa shape index (κ3) is 6.50. The molecular formula is C30H32N4O6S3. The van der Waals surface area contributed by atoms with Gasteiger partial charge in [-0.25, -0.2) is 13.4 Å². The first-order valence-electron chi connectivity index (χ1n) is 13.6. The van der Waals surface area contributed by atoms with Gasteiger partial charge in [-0.3, -0.25) is 9.59 Å². The molecule has 5 rings (SSSR count). The van der Waals surface area contributed by atoms with E-state index in [4.69, 9.17) is 4.74 Å². The van der Waals surface area contributed by atoms with Crippen LogP contribution in [-0.4, -0.2) is 78.4 Å². The molecule has 0 fully saturated rings. The Morgan fingerprint density at radius 3 is 2.58 bits per heavy atom. The standard InChI is InChI=1S/C30H32N4O6S3/c1-19-16-34(20(2)18-35)30(37)23-6-4-7-24(32-28(36)21-9-11-22(12-10-21)29-31-13-15-42-29)27(23)40-25(19)17-33(3)43(38,39)26-8-5-14-41-26/h4-15,19-20,25,35H,16-18H2,1-3H3,(H,32,36)/t19-,20-,25+/m1/s1. The molecule has 1 aliphatic heterocycles. The van der Waals surface area contributed by atoms with E-state index < -0.39 is 28.1 Å². The lowest BCUT2D eigenvalue weighted by Crippen LogP contribution is -2.50. The van der Waals surface area contributed by atoms with E-state index in [-0.39, 0.29) is 52.7 Å². The zero-order chi connectivity index (χ0) is 30.7. The van der Waals surface area contributed by atoms with Crippen molar-refractivity contribution in [3.05, 3.63) is 82.7 Å². The topological polar surface area (TPSA) is 129 Å². The highest BCUT2D eigenvalue weighted by Crippen LogP contribution is 2.36. The SMILES string of the molecule is C[C@@H]1CN([C@H](C)CO)C(=O)c2cccc(NC(=O)c3ccc(-c4nccs4)cc3)c2O[C@H]1CN(C)S(=O)(=O)c1cccs1. The van der Waals surface area contributed by atoms with E-state index in [0.29, 0.717) is 5.56 Å². The lowest BCUT2D eigenvalue weighted by molar-refractivity contribution is 0.0388. The number of aliphatic hydroxyl groups excluding tert-OH is 1. The summed E-state index contributed by atoms with van der Waals surface area (Å²) in [4.78, 5) is 33.0. The summed E-state index contributed by atoms with van der Waals surface area (Å²) in [7, 11) is -2.28. The Hall–Kier alpha value is -3.62. The van der Waals surface area contributed by atoms with Gasteiger partial charge in [0, 0.05) is 42.2 Å². The first kappa shape index (κ1) is 30.8. The zero-order valence-electron chi connectivity index (χ0n) is 23.8. The number of benzene rings is 2. The van der Waals surface area contributed by atoms with Crippen LogP contribution in [0, 0.1) is 5.92 Å². The van der Waals surface area contributed by atoms with E-state index in [9.17, 15) is 23.1 Å². The Kier molecular flexibility index (Phi) is 9.28. The molecule has 0 spiro atoms. The van der Waals surface area contributed by atoms with Crippen molar-refractivity contribution >= 4 is 50.2 Å². The van der Waals surface area contributed by atoms with E-state index in [1.165, 1.54) is 22.7 Å². The van der Waals surface area contributed by atoms with Crippen molar-refractivity contribution in [2.75, 3.05) is 32.1 Å². The maximum Gasteiger partial charge on any atom is 0.258 e. The highest BCUT2D eigenvalue weighted by atomic mass is 32.2. The highest BCUT2D eigenvalue weighted by Gasteiger charge is 2.36. The molecule has 0 bridgehead atoms. The van der Waals surface area contributed by atoms with Crippen LogP contribution < -0.4 is 10.1 Å². The van der Waals surface area contributed by atoms with Crippen LogP contribution in [0.5, 0.6) is 5.75 Å². The molecule has 2 aromatic heterocycles. The molecule has 0 saturated carbocycles. The number of nitrogens with zero attached hydrogens (tertiary/aromatic N) is 3. The molecule has 2 aromatic carbocycles. The minimum Gasteiger partial charge on any atom is -0.486 e. The van der Waals surface area contributed by atoms with Crippen molar-refractivity contribution in [1.82, 2.24) is 14.2 Å². The van der Waals surface area contributed by atoms with Crippen molar-refractivity contribution in [1.29, 1.82) is 0 Å². The number of fused-ring (bicyclic) bond motifs is 1. The zero-order valence-corrected chi connectivity index (χ0v) is 26.3. The van der Waals surface area contributed by atoms with E-state index >= 15 is 0 Å². The number of amides is 2. The summed E-state index contributed by atoms with van der Waals surface area (Å²) < 4.78 is 34.4. The van der Waals surface area contributed by atoms with Crippen molar-refractivity contribution in [2.24, 2.45) is 5.92 Å². The van der Waals surface area contributed by atoms with Crippen molar-refractivity contribution in [2.45, 2.75) is 30.2 Å². The number of anilines is 1. The van der Waals surface area contributed by atoms with Crippen molar-refractivity contribution in [3.8, 4) is 16.3 Å². The summed E-state index contributed by atoms with van der Waals surface area (Å²) in [6.07, 6.45) is 1.03. The monoisotopic (exact) mass is 640 g/mol. The lowest BCUT2D eigenvalue weighted by Gasteiger charge is -2.38. The number of rotatable bonds is 9. The second kappa shape index (κ2) is 12.9. The van der Waals surface area contributed by atoms with Crippen LogP contribution in [0.3, 0.4) is 0 Å². The number of hydrogen-bond acceptors (Lipinski definition) is 9. The van der Waals surface area contributed by atoms with Gasteiger partial charge < -0.3 is 20.1 Å². The number of aromatic nitrogens is 1. The summed E-state index contributed by atoms with van der Waals surface area (Å²) in [5, 5.41) is 17.2. The molecule has 3 heterocycles. The summed E-state index contributed by atoms with van der Waals surface area (Å²) in [5.41, 5.74) is 1.77. The van der Waals surface area contributed by atoms with Crippen LogP contribution >= 0.6 is 22.7 Å². The molecule has 2 N–H and O–H groups in total. The average molecular weight is 641 g/mol. The fraction of sp³-hybridized carbons (Fsp3) is 0.300. The molecule has 43 heavy (non-hydrogen) atoms. The molecule has 10 nitrogen and oxygen atoms in total. The molecule has 0 radical (unpaired) electrons. The van der Waals surface area contributed by atoms with Gasteiger partial charge in [-0.15, -0.1) is 22.7 Å². The second-order valence-corrected chi connectivity index (χ2v) is 14.5. The predicted molar refractivity (Wildman–Crippen MR) is 167 cm³/mol. The van der Waals surface area contributed by atoms with E-state index in [0.717, 1.165) is 21.9 Å². The number of carbonyl (C=O) groups excluding carboxylic acids is 2. The number of ether oxygens (including phenoxy) is 1. The number of thiophene rings is 1. The maximum absolute atomic E-state index is 13.7. The van der Waals surface area contributed by atoms with Crippen LogP contribution in [0.4, 0.5) is 5.69 Å². The Balaban J connectivity index is 1.47. The second-order valence-electron chi connectivity index (χ2n) is 10.4. The van der Waals surface area contributed by atoms with Gasteiger partial charge in [0.2, 0.25) is 0 Å². The van der Waals surface area contributed by atoms with Gasteiger partial charge in [-0.2, -0.15) is 4.31 Å². The van der Waals surface area contributed by atoms with Crippen LogP contribution in [0.1, 0.15) is 34.6 Å². The summed E-state index contributed by atoms with van der Waals surface area (Å²) in [6, 6.07) is 14.7. The van der Waals surface area contributed by atoms with Gasteiger partial charge in [0.15, 0.2) is 5.75 Å². The summed E-state index contributed by atoms with van der Waals surface area (Å²) in [5.74, 6) is -0.937. The quantitative estimate of drug-likeness (QED) is 0.272. The molecular weight excluding hydrogens is 609 g/mol. The number of aliphatic hydroxyl groups is 1. The van der Waals surface area contributed by atoms with Crippen molar-refractivity contribution < 1.29 is 27.9 Å². The normalized spacial score (nSPS) is 18.0. The largest absolute Gasteiger partial charge is 0.486 e. The molecule has 13 heteroatoms. The number of sulfonamides is 1. The summed E-state index contributed by atoms with van der Waals surface area (Å²) in [6.45, 7) is 3.60. The Morgan fingerprint density at radius 2 is 1.93 bits per heavy atom.